The van der Waals surface area contributed by atoms with Crippen molar-refractivity contribution < 1.29 is 19.4 Å². The Labute approximate surface area is 65.0 Å². The van der Waals surface area contributed by atoms with Gasteiger partial charge in [-0.3, -0.25) is 4.57 Å². The highest BCUT2D eigenvalue weighted by molar-refractivity contribution is 7.57. The fraction of sp³-hybridized carbons (Fsp3) is 0.667. The summed E-state index contributed by atoms with van der Waals surface area (Å²) < 4.78 is 14.5. The number of rotatable bonds is 2. The number of hydrogen-bond donors (Lipinski definition) is 2. The summed E-state index contributed by atoms with van der Waals surface area (Å²) in [5, 5.41) is 8.43. The SMILES string of the molecule is O=P(O)(OO)C1=CCCCC1. The van der Waals surface area contributed by atoms with E-state index < -0.39 is 7.60 Å². The highest BCUT2D eigenvalue weighted by atomic mass is 31.2. The van der Waals surface area contributed by atoms with Crippen LogP contribution in [0, 0.1) is 0 Å². The van der Waals surface area contributed by atoms with Crippen LogP contribution in [0.25, 0.3) is 0 Å². The molecule has 0 fully saturated rings. The topological polar surface area (TPSA) is 66.8 Å². The maximum absolute atomic E-state index is 11.0. The van der Waals surface area contributed by atoms with Crippen LogP contribution in [0.3, 0.4) is 0 Å². The van der Waals surface area contributed by atoms with Crippen molar-refractivity contribution in [1.82, 2.24) is 0 Å². The highest BCUT2D eigenvalue weighted by Gasteiger charge is 2.26. The summed E-state index contributed by atoms with van der Waals surface area (Å²) in [6, 6.07) is 0. The van der Waals surface area contributed by atoms with Crippen molar-refractivity contribution in [3.63, 3.8) is 0 Å². The maximum Gasteiger partial charge on any atom is 0.381 e. The third-order valence-electron chi connectivity index (χ3n) is 1.74. The second-order valence-corrected chi connectivity index (χ2v) is 4.32. The minimum atomic E-state index is -3.83. The fourth-order valence-electron chi connectivity index (χ4n) is 1.13. The molecular formula is C6H11O4P. The largest absolute Gasteiger partial charge is 0.381 e. The molecule has 0 saturated heterocycles. The molecule has 0 radical (unpaired) electrons. The summed E-state index contributed by atoms with van der Waals surface area (Å²) in [7, 11) is -3.83. The van der Waals surface area contributed by atoms with Crippen molar-refractivity contribution in [2.75, 3.05) is 0 Å². The summed E-state index contributed by atoms with van der Waals surface area (Å²) in [6.45, 7) is 0. The van der Waals surface area contributed by atoms with Crippen LogP contribution in [0.1, 0.15) is 25.7 Å². The standard InChI is InChI=1S/C6H11O4P/c7-10-11(8,9)6-4-2-1-3-5-6/h4,7H,1-3,5H2,(H,8,9). The average molecular weight is 178 g/mol. The highest BCUT2D eigenvalue weighted by Crippen LogP contribution is 2.53. The first-order valence-corrected chi connectivity index (χ1v) is 5.10. The monoisotopic (exact) mass is 178 g/mol. The molecule has 2 N–H and O–H groups in total. The summed E-state index contributed by atoms with van der Waals surface area (Å²) in [4.78, 5) is 8.96. The van der Waals surface area contributed by atoms with Crippen molar-refractivity contribution in [2.45, 2.75) is 25.7 Å². The van der Waals surface area contributed by atoms with E-state index in [0.717, 1.165) is 19.3 Å². The summed E-state index contributed by atoms with van der Waals surface area (Å²) >= 11 is 0. The van der Waals surface area contributed by atoms with Crippen molar-refractivity contribution in [2.24, 2.45) is 0 Å². The summed E-state index contributed by atoms with van der Waals surface area (Å²) in [6.07, 6.45) is 4.94. The molecule has 0 aromatic carbocycles. The van der Waals surface area contributed by atoms with E-state index >= 15 is 0 Å². The van der Waals surface area contributed by atoms with Gasteiger partial charge in [0.15, 0.2) is 0 Å². The Morgan fingerprint density at radius 3 is 2.73 bits per heavy atom. The Morgan fingerprint density at radius 2 is 2.27 bits per heavy atom. The molecule has 1 aliphatic carbocycles. The minimum Gasteiger partial charge on any atom is -0.320 e. The Balaban J connectivity index is 2.72. The molecule has 0 saturated carbocycles. The molecule has 0 bridgehead atoms. The zero-order chi connectivity index (χ0) is 8.32. The fourth-order valence-corrected chi connectivity index (χ4v) is 2.04. The normalized spacial score (nSPS) is 24.0. The van der Waals surface area contributed by atoms with Gasteiger partial charge >= 0.3 is 7.60 Å². The van der Waals surface area contributed by atoms with Gasteiger partial charge in [-0.15, -0.1) is 4.67 Å². The molecule has 64 valence electrons. The first-order valence-electron chi connectivity index (χ1n) is 3.52. The first kappa shape index (κ1) is 8.94. The van der Waals surface area contributed by atoms with Crippen LogP contribution in [-0.2, 0) is 9.24 Å². The first-order chi connectivity index (χ1) is 5.17. The molecule has 0 aromatic rings. The zero-order valence-corrected chi connectivity index (χ0v) is 6.96. The quantitative estimate of drug-likeness (QED) is 0.386. The molecule has 0 amide bonds. The predicted octanol–water partition coefficient (Wildman–Crippen LogP) is 2.12. The summed E-state index contributed by atoms with van der Waals surface area (Å²) in [5.74, 6) is 0. The van der Waals surface area contributed by atoms with E-state index in [1.165, 1.54) is 0 Å². The third kappa shape index (κ3) is 2.14. The molecule has 5 heteroatoms. The van der Waals surface area contributed by atoms with Gasteiger partial charge in [-0.1, -0.05) is 6.08 Å². The van der Waals surface area contributed by atoms with Gasteiger partial charge in [0.05, 0.1) is 0 Å². The lowest BCUT2D eigenvalue weighted by atomic mass is 10.1. The molecule has 1 aliphatic rings. The van der Waals surface area contributed by atoms with Crippen molar-refractivity contribution in [1.29, 1.82) is 0 Å². The van der Waals surface area contributed by atoms with Crippen LogP contribution in [-0.4, -0.2) is 10.2 Å². The van der Waals surface area contributed by atoms with Gasteiger partial charge in [0.25, 0.3) is 0 Å². The van der Waals surface area contributed by atoms with E-state index in [9.17, 15) is 4.57 Å². The average Bonchev–Trinajstić information content (AvgIpc) is 2.06. The lowest BCUT2D eigenvalue weighted by Gasteiger charge is -2.14. The van der Waals surface area contributed by atoms with Gasteiger partial charge < -0.3 is 4.89 Å². The van der Waals surface area contributed by atoms with Crippen molar-refractivity contribution >= 4 is 7.60 Å². The van der Waals surface area contributed by atoms with Crippen molar-refractivity contribution in [3.05, 3.63) is 11.4 Å². The van der Waals surface area contributed by atoms with Gasteiger partial charge in [0.1, 0.15) is 0 Å². The van der Waals surface area contributed by atoms with Gasteiger partial charge in [-0.2, -0.15) is 0 Å². The van der Waals surface area contributed by atoms with Crippen LogP contribution in [0.5, 0.6) is 0 Å². The molecule has 0 heterocycles. The van der Waals surface area contributed by atoms with E-state index in [1.807, 2.05) is 0 Å². The Kier molecular flexibility index (Phi) is 2.84. The molecule has 4 nitrogen and oxygen atoms in total. The van der Waals surface area contributed by atoms with Gasteiger partial charge in [0, 0.05) is 5.31 Å². The van der Waals surface area contributed by atoms with Crippen LogP contribution < -0.4 is 0 Å². The van der Waals surface area contributed by atoms with Crippen LogP contribution >= 0.6 is 7.60 Å². The molecule has 1 unspecified atom stereocenters. The van der Waals surface area contributed by atoms with Crippen molar-refractivity contribution in [3.8, 4) is 0 Å². The van der Waals surface area contributed by atoms with Gasteiger partial charge in [0.2, 0.25) is 0 Å². The minimum absolute atomic E-state index is 0.339. The van der Waals surface area contributed by atoms with Crippen LogP contribution in [0.2, 0.25) is 0 Å². The zero-order valence-electron chi connectivity index (χ0n) is 6.06. The lowest BCUT2D eigenvalue weighted by molar-refractivity contribution is -0.144. The Hall–Kier alpha value is -0.150. The lowest BCUT2D eigenvalue weighted by Crippen LogP contribution is -1.94. The van der Waals surface area contributed by atoms with Gasteiger partial charge in [-0.25, -0.2) is 5.26 Å². The van der Waals surface area contributed by atoms with Crippen LogP contribution in [0.4, 0.5) is 0 Å². The molecule has 0 aromatic heterocycles. The molecule has 1 rings (SSSR count). The van der Waals surface area contributed by atoms with E-state index in [4.69, 9.17) is 10.2 Å². The number of hydrogen-bond acceptors (Lipinski definition) is 3. The van der Waals surface area contributed by atoms with E-state index in [2.05, 4.69) is 4.67 Å². The van der Waals surface area contributed by atoms with Crippen LogP contribution in [0.15, 0.2) is 11.4 Å². The number of allylic oxidation sites excluding steroid dienone is 2. The third-order valence-corrected chi connectivity index (χ3v) is 3.09. The Morgan fingerprint density at radius 1 is 1.55 bits per heavy atom. The van der Waals surface area contributed by atoms with E-state index in [0.29, 0.717) is 11.7 Å². The van der Waals surface area contributed by atoms with E-state index in [-0.39, 0.29) is 0 Å². The van der Waals surface area contributed by atoms with Gasteiger partial charge in [-0.05, 0) is 25.7 Å². The smallest absolute Gasteiger partial charge is 0.320 e. The Bertz CT molecular complexity index is 211. The second kappa shape index (κ2) is 3.50. The predicted molar refractivity (Wildman–Crippen MR) is 40.1 cm³/mol. The molecular weight excluding hydrogens is 167 g/mol. The molecule has 11 heavy (non-hydrogen) atoms. The maximum atomic E-state index is 11.0. The summed E-state index contributed by atoms with van der Waals surface area (Å²) in [5.41, 5.74) is 0. The molecule has 1 atom stereocenters. The van der Waals surface area contributed by atoms with E-state index in [1.54, 1.807) is 6.08 Å². The molecule has 0 aliphatic heterocycles. The second-order valence-electron chi connectivity index (χ2n) is 2.54. The molecule has 0 spiro atoms.